The van der Waals surface area contributed by atoms with Crippen molar-refractivity contribution >= 4 is 11.7 Å². The van der Waals surface area contributed by atoms with Gasteiger partial charge in [-0.05, 0) is 31.9 Å². The molecule has 1 aliphatic heterocycles. The molecule has 6 heteroatoms. The van der Waals surface area contributed by atoms with Gasteiger partial charge in [-0.3, -0.25) is 4.79 Å². The van der Waals surface area contributed by atoms with Crippen LogP contribution in [0.1, 0.15) is 28.9 Å². The normalized spacial score (nSPS) is 16.3. The van der Waals surface area contributed by atoms with E-state index >= 15 is 0 Å². The lowest BCUT2D eigenvalue weighted by Crippen LogP contribution is -2.39. The Kier molecular flexibility index (Phi) is 4.11. The molecule has 2 heterocycles. The number of amides is 1. The minimum atomic E-state index is -0.0936. The molecule has 4 N–H and O–H groups in total. The molecule has 0 radical (unpaired) electrons. The third-order valence-electron chi connectivity index (χ3n) is 2.92. The average Bonchev–Trinajstić information content (AvgIpc) is 2.39. The zero-order valence-electron chi connectivity index (χ0n) is 10.4. The van der Waals surface area contributed by atoms with E-state index in [4.69, 9.17) is 10.6 Å². The maximum Gasteiger partial charge on any atom is 0.251 e. The third-order valence-corrected chi connectivity index (χ3v) is 2.92. The minimum Gasteiger partial charge on any atom is -0.381 e. The molecule has 0 bridgehead atoms. The van der Waals surface area contributed by atoms with E-state index in [2.05, 4.69) is 15.7 Å². The summed E-state index contributed by atoms with van der Waals surface area (Å²) in [4.78, 5) is 16.2. The van der Waals surface area contributed by atoms with E-state index < -0.39 is 0 Å². The summed E-state index contributed by atoms with van der Waals surface area (Å²) in [5, 5.41) is 3.00. The van der Waals surface area contributed by atoms with Gasteiger partial charge in [0, 0.05) is 30.5 Å². The fraction of sp³-hybridized carbons (Fsp3) is 0.500. The summed E-state index contributed by atoms with van der Waals surface area (Å²) < 4.78 is 5.25. The van der Waals surface area contributed by atoms with Gasteiger partial charge in [-0.2, -0.15) is 0 Å². The summed E-state index contributed by atoms with van der Waals surface area (Å²) in [7, 11) is 0. The first-order valence-electron chi connectivity index (χ1n) is 6.03. The number of nitrogens with one attached hydrogen (secondary N) is 2. The van der Waals surface area contributed by atoms with Crippen molar-refractivity contribution in [3.05, 3.63) is 23.4 Å². The predicted molar refractivity (Wildman–Crippen MR) is 68.1 cm³/mol. The number of anilines is 1. The number of carbonyl (C=O) groups is 1. The van der Waals surface area contributed by atoms with Crippen LogP contribution in [0.2, 0.25) is 0 Å². The van der Waals surface area contributed by atoms with Crippen LogP contribution in [0.15, 0.2) is 12.1 Å². The highest BCUT2D eigenvalue weighted by molar-refractivity contribution is 5.95. The molecule has 0 atom stereocenters. The maximum atomic E-state index is 12.1. The quantitative estimate of drug-likeness (QED) is 0.539. The first kappa shape index (κ1) is 12.8. The lowest BCUT2D eigenvalue weighted by molar-refractivity contribution is 0.0696. The molecule has 1 amide bonds. The van der Waals surface area contributed by atoms with Crippen LogP contribution in [-0.4, -0.2) is 30.1 Å². The summed E-state index contributed by atoms with van der Waals surface area (Å²) in [6, 6.07) is 3.57. The highest BCUT2D eigenvalue weighted by Crippen LogP contribution is 2.11. The number of ether oxygens (including phenoxy) is 1. The van der Waals surface area contributed by atoms with Gasteiger partial charge in [-0.1, -0.05) is 0 Å². The van der Waals surface area contributed by atoms with E-state index in [1.54, 1.807) is 12.1 Å². The predicted octanol–water partition coefficient (Wildman–Crippen LogP) is 0.584. The standard InChI is InChI=1S/C12H18N4O2/c1-8-6-9(7-11(14-8)16-13)12(17)15-10-2-4-18-5-3-10/h6-7,10H,2-5,13H2,1H3,(H,14,16)(H,15,17). The largest absolute Gasteiger partial charge is 0.381 e. The van der Waals surface area contributed by atoms with Crippen molar-refractivity contribution in [3.63, 3.8) is 0 Å². The molecule has 1 aromatic rings. The Morgan fingerprint density at radius 2 is 2.17 bits per heavy atom. The van der Waals surface area contributed by atoms with Crippen molar-refractivity contribution in [1.29, 1.82) is 0 Å². The van der Waals surface area contributed by atoms with Crippen LogP contribution in [0.5, 0.6) is 0 Å². The van der Waals surface area contributed by atoms with Gasteiger partial charge in [0.15, 0.2) is 0 Å². The first-order chi connectivity index (χ1) is 8.69. The van der Waals surface area contributed by atoms with Gasteiger partial charge in [0.2, 0.25) is 0 Å². The molecule has 0 saturated carbocycles. The van der Waals surface area contributed by atoms with Crippen LogP contribution in [0.4, 0.5) is 5.82 Å². The number of pyridine rings is 1. The van der Waals surface area contributed by atoms with Crippen molar-refractivity contribution in [3.8, 4) is 0 Å². The number of nitrogen functional groups attached to an aromatic ring is 1. The lowest BCUT2D eigenvalue weighted by Gasteiger charge is -2.23. The molecule has 98 valence electrons. The van der Waals surface area contributed by atoms with E-state index in [1.165, 1.54) is 0 Å². The molecule has 1 fully saturated rings. The molecule has 1 saturated heterocycles. The van der Waals surface area contributed by atoms with Gasteiger partial charge in [-0.25, -0.2) is 10.8 Å². The highest BCUT2D eigenvalue weighted by atomic mass is 16.5. The number of hydrogen-bond donors (Lipinski definition) is 3. The smallest absolute Gasteiger partial charge is 0.251 e. The van der Waals surface area contributed by atoms with Crippen LogP contribution in [-0.2, 0) is 4.74 Å². The van der Waals surface area contributed by atoms with Crippen molar-refractivity contribution in [2.75, 3.05) is 18.6 Å². The zero-order chi connectivity index (χ0) is 13.0. The molecule has 1 aromatic heterocycles. The van der Waals surface area contributed by atoms with E-state index in [9.17, 15) is 4.79 Å². The summed E-state index contributed by atoms with van der Waals surface area (Å²) in [5.74, 6) is 5.71. The van der Waals surface area contributed by atoms with Gasteiger partial charge >= 0.3 is 0 Å². The van der Waals surface area contributed by atoms with Gasteiger partial charge in [0.25, 0.3) is 5.91 Å². The minimum absolute atomic E-state index is 0.0936. The molecule has 18 heavy (non-hydrogen) atoms. The van der Waals surface area contributed by atoms with Crippen molar-refractivity contribution in [2.24, 2.45) is 5.84 Å². The molecule has 6 nitrogen and oxygen atoms in total. The van der Waals surface area contributed by atoms with Crippen molar-refractivity contribution < 1.29 is 9.53 Å². The summed E-state index contributed by atoms with van der Waals surface area (Å²) in [6.45, 7) is 3.23. The topological polar surface area (TPSA) is 89.3 Å². The third kappa shape index (κ3) is 3.18. The number of nitrogens with zero attached hydrogens (tertiary/aromatic N) is 1. The van der Waals surface area contributed by atoms with E-state index in [0.29, 0.717) is 24.6 Å². The molecular weight excluding hydrogens is 232 g/mol. The van der Waals surface area contributed by atoms with Crippen LogP contribution < -0.4 is 16.6 Å². The van der Waals surface area contributed by atoms with Gasteiger partial charge < -0.3 is 15.5 Å². The van der Waals surface area contributed by atoms with Crippen LogP contribution in [0, 0.1) is 6.92 Å². The Balaban J connectivity index is 2.05. The highest BCUT2D eigenvalue weighted by Gasteiger charge is 2.17. The SMILES string of the molecule is Cc1cc(C(=O)NC2CCOCC2)cc(NN)n1. The first-order valence-corrected chi connectivity index (χ1v) is 6.03. The average molecular weight is 250 g/mol. The Labute approximate surface area is 106 Å². The van der Waals surface area contributed by atoms with Crippen molar-refractivity contribution in [1.82, 2.24) is 10.3 Å². The Bertz CT molecular complexity index is 430. The van der Waals surface area contributed by atoms with Gasteiger partial charge in [0.1, 0.15) is 5.82 Å². The number of aryl methyl sites for hydroxylation is 1. The number of carbonyl (C=O) groups excluding carboxylic acids is 1. The second-order valence-corrected chi connectivity index (χ2v) is 4.39. The zero-order valence-corrected chi connectivity index (χ0v) is 10.4. The molecule has 0 spiro atoms. The van der Waals surface area contributed by atoms with Crippen LogP contribution in [0.25, 0.3) is 0 Å². The second-order valence-electron chi connectivity index (χ2n) is 4.39. The Morgan fingerprint density at radius 3 is 2.83 bits per heavy atom. The summed E-state index contributed by atoms with van der Waals surface area (Å²) in [5.41, 5.74) is 3.78. The fourth-order valence-corrected chi connectivity index (χ4v) is 1.98. The second kappa shape index (κ2) is 5.79. The van der Waals surface area contributed by atoms with E-state index in [-0.39, 0.29) is 11.9 Å². The molecule has 0 aliphatic carbocycles. The molecule has 0 aromatic carbocycles. The number of hydrogen-bond acceptors (Lipinski definition) is 5. The van der Waals surface area contributed by atoms with E-state index in [0.717, 1.165) is 18.5 Å². The molecule has 2 rings (SSSR count). The van der Waals surface area contributed by atoms with Crippen LogP contribution >= 0.6 is 0 Å². The van der Waals surface area contributed by atoms with E-state index in [1.807, 2.05) is 6.92 Å². The number of aromatic nitrogens is 1. The summed E-state index contributed by atoms with van der Waals surface area (Å²) in [6.07, 6.45) is 1.72. The Hall–Kier alpha value is -1.66. The fourth-order valence-electron chi connectivity index (χ4n) is 1.98. The number of nitrogens with two attached hydrogens (primary N) is 1. The molecule has 1 aliphatic rings. The van der Waals surface area contributed by atoms with Crippen molar-refractivity contribution in [2.45, 2.75) is 25.8 Å². The molecule has 0 unspecified atom stereocenters. The lowest BCUT2D eigenvalue weighted by atomic mass is 10.1. The number of hydrazine groups is 1. The molecular formula is C12H18N4O2. The monoisotopic (exact) mass is 250 g/mol. The van der Waals surface area contributed by atoms with Gasteiger partial charge in [0.05, 0.1) is 0 Å². The Morgan fingerprint density at radius 1 is 1.44 bits per heavy atom. The summed E-state index contributed by atoms with van der Waals surface area (Å²) >= 11 is 0. The van der Waals surface area contributed by atoms with Gasteiger partial charge in [-0.15, -0.1) is 0 Å². The van der Waals surface area contributed by atoms with Crippen LogP contribution in [0.3, 0.4) is 0 Å². The number of rotatable bonds is 3. The maximum absolute atomic E-state index is 12.1.